The van der Waals surface area contributed by atoms with Crippen molar-refractivity contribution in [2.45, 2.75) is 52.0 Å². The quantitative estimate of drug-likeness (QED) is 0.0364. The Morgan fingerprint density at radius 3 is 1.09 bits per heavy atom. The predicted molar refractivity (Wildman–Crippen MR) is 285 cm³/mol. The molecule has 0 amide bonds. The van der Waals surface area contributed by atoms with Gasteiger partial charge in [-0.05, 0) is 140 Å². The number of aliphatic hydroxyl groups is 2. The summed E-state index contributed by atoms with van der Waals surface area (Å²) in [6.07, 6.45) is 9.47. The van der Waals surface area contributed by atoms with Crippen LogP contribution < -0.4 is 9.80 Å². The predicted octanol–water partition coefficient (Wildman–Crippen LogP) is 16.7. The summed E-state index contributed by atoms with van der Waals surface area (Å²) in [5.74, 6) is -0.955. The number of aliphatic hydroxyl groups excluding tert-OH is 2. The summed E-state index contributed by atoms with van der Waals surface area (Å²) in [6, 6.07) is 66.6. The second kappa shape index (κ2) is 21.5. The zero-order valence-electron chi connectivity index (χ0n) is 38.8. The molecule has 0 bridgehead atoms. The van der Waals surface area contributed by atoms with Gasteiger partial charge in [0, 0.05) is 96.9 Å². The molecule has 2 N–H and O–H groups in total. The van der Waals surface area contributed by atoms with Gasteiger partial charge in [0.15, 0.2) is 11.6 Å². The van der Waals surface area contributed by atoms with Crippen LogP contribution in [0.4, 0.5) is 34.1 Å². The number of allylic oxidation sites excluding steroid dienone is 2. The molecule has 1 heterocycles. The molecule has 0 saturated carbocycles. The lowest BCUT2D eigenvalue weighted by molar-refractivity contribution is 0.103. The van der Waals surface area contributed by atoms with Crippen molar-refractivity contribution < 1.29 is 19.8 Å². The number of hydrogen-bond acceptors (Lipinski definition) is 6. The Morgan fingerprint density at radius 1 is 0.406 bits per heavy atom. The third-order valence-electron chi connectivity index (χ3n) is 12.6. The normalized spacial score (nSPS) is 11.8. The van der Waals surface area contributed by atoms with Crippen LogP contribution in [0.15, 0.2) is 218 Å². The van der Waals surface area contributed by atoms with Gasteiger partial charge in [-0.3, -0.25) is 9.59 Å². The minimum atomic E-state index is -0.340. The van der Waals surface area contributed by atoms with Gasteiger partial charge < -0.3 is 24.6 Å². The fraction of sp³-hybridized carbons (Fsp3) is 0.129. The highest BCUT2D eigenvalue weighted by Crippen LogP contribution is 2.37. The first kappa shape index (κ1) is 45.7. The molecule has 0 saturated heterocycles. The highest BCUT2D eigenvalue weighted by atomic mass is 16.3. The van der Waals surface area contributed by atoms with E-state index in [-0.39, 0.29) is 23.1 Å². The standard InChI is InChI=1S/C62H55N3O4/c1-2-3-4-5-6-19-40-63-57-38-32-47(61(68)43-59(66)45-28-34-53(35-29-45)64(49-20-11-7-12-21-49)50-22-13-8-14-23-50)41-55(57)56-42-48(33-39-58(56)63)62(69)44-60(67)46-30-36-54(37-31-46)65(51-24-15-9-16-25-51)52-26-17-10-18-27-52/h7-18,20-39,41-44,66-67H,2-6,19,40H2,1H3/b59-43-,60-44-. The number of benzene rings is 8. The summed E-state index contributed by atoms with van der Waals surface area (Å²) in [5.41, 5.74) is 9.59. The van der Waals surface area contributed by atoms with E-state index in [4.69, 9.17) is 0 Å². The maximum absolute atomic E-state index is 13.9. The van der Waals surface area contributed by atoms with Crippen molar-refractivity contribution in [2.75, 3.05) is 9.80 Å². The van der Waals surface area contributed by atoms with E-state index in [1.54, 1.807) is 0 Å². The molecule has 0 spiro atoms. The zero-order valence-corrected chi connectivity index (χ0v) is 38.8. The van der Waals surface area contributed by atoms with Gasteiger partial charge in [-0.15, -0.1) is 0 Å². The van der Waals surface area contributed by atoms with Crippen LogP contribution in [0.25, 0.3) is 33.3 Å². The lowest BCUT2D eigenvalue weighted by Crippen LogP contribution is -2.09. The van der Waals surface area contributed by atoms with Crippen molar-refractivity contribution in [3.8, 4) is 0 Å². The molecule has 0 radical (unpaired) electrons. The SMILES string of the molecule is CCCCCCCCn1c2ccc(C(=O)/C=C(\O)c3ccc(N(c4ccccc4)c4ccccc4)cc3)cc2c2cc(C(=O)/C=C(\O)c3ccc(N(c4ccccc4)c4ccccc4)cc3)ccc21. The van der Waals surface area contributed by atoms with Gasteiger partial charge in [-0.25, -0.2) is 0 Å². The van der Waals surface area contributed by atoms with Crippen LogP contribution in [0.3, 0.4) is 0 Å². The van der Waals surface area contributed by atoms with Crippen LogP contribution in [0.2, 0.25) is 0 Å². The summed E-state index contributed by atoms with van der Waals surface area (Å²) in [6.45, 7) is 3.01. The molecule has 0 aliphatic carbocycles. The van der Waals surface area contributed by atoms with Crippen molar-refractivity contribution >= 4 is 79.0 Å². The monoisotopic (exact) mass is 905 g/mol. The second-order valence-corrected chi connectivity index (χ2v) is 17.3. The van der Waals surface area contributed by atoms with E-state index in [9.17, 15) is 19.8 Å². The van der Waals surface area contributed by atoms with Crippen LogP contribution in [0, 0.1) is 0 Å². The molecule has 0 atom stereocenters. The molecule has 0 unspecified atom stereocenters. The van der Waals surface area contributed by atoms with Crippen LogP contribution >= 0.6 is 0 Å². The minimum Gasteiger partial charge on any atom is -0.507 e. The summed E-state index contributed by atoms with van der Waals surface area (Å²) in [4.78, 5) is 32.2. The Bertz CT molecular complexity index is 2940. The Balaban J connectivity index is 0.989. The van der Waals surface area contributed by atoms with Crippen molar-refractivity contribution in [1.82, 2.24) is 4.57 Å². The zero-order chi connectivity index (χ0) is 47.5. The number of anilines is 6. The highest BCUT2D eigenvalue weighted by Gasteiger charge is 2.18. The number of rotatable bonds is 19. The van der Waals surface area contributed by atoms with Crippen molar-refractivity contribution in [3.63, 3.8) is 0 Å². The number of carbonyl (C=O) groups excluding carboxylic acids is 2. The van der Waals surface area contributed by atoms with Crippen molar-refractivity contribution in [2.24, 2.45) is 0 Å². The first-order chi connectivity index (χ1) is 33.9. The molecule has 7 heteroatoms. The number of carbonyl (C=O) groups is 2. The molecule has 0 fully saturated rings. The van der Waals surface area contributed by atoms with E-state index in [0.29, 0.717) is 22.3 Å². The number of unbranched alkanes of at least 4 members (excludes halogenated alkanes) is 5. The fourth-order valence-corrected chi connectivity index (χ4v) is 9.05. The van der Waals surface area contributed by atoms with Crippen LogP contribution in [-0.4, -0.2) is 26.3 Å². The third-order valence-corrected chi connectivity index (χ3v) is 12.6. The molecule has 9 aromatic rings. The van der Waals surface area contributed by atoms with Gasteiger partial charge in [0.2, 0.25) is 0 Å². The van der Waals surface area contributed by atoms with Crippen molar-refractivity contribution in [1.29, 1.82) is 0 Å². The van der Waals surface area contributed by atoms with Crippen LogP contribution in [-0.2, 0) is 6.54 Å². The lowest BCUT2D eigenvalue weighted by Gasteiger charge is -2.25. The molecule has 8 aromatic carbocycles. The number of aryl methyl sites for hydroxylation is 1. The Kier molecular flexibility index (Phi) is 14.2. The van der Waals surface area contributed by atoms with Gasteiger partial charge in [0.05, 0.1) is 0 Å². The molecule has 342 valence electrons. The topological polar surface area (TPSA) is 86.0 Å². The molecular weight excluding hydrogens is 851 g/mol. The third kappa shape index (κ3) is 10.4. The Labute approximate surface area is 404 Å². The first-order valence-corrected chi connectivity index (χ1v) is 23.8. The molecular formula is C62H55N3O4. The number of fused-ring (bicyclic) bond motifs is 3. The highest BCUT2D eigenvalue weighted by molar-refractivity contribution is 6.16. The van der Waals surface area contributed by atoms with Crippen LogP contribution in [0.1, 0.15) is 77.3 Å². The number of ketones is 2. The largest absolute Gasteiger partial charge is 0.507 e. The lowest BCUT2D eigenvalue weighted by atomic mass is 10.0. The van der Waals surface area contributed by atoms with Gasteiger partial charge in [0.25, 0.3) is 0 Å². The number of aromatic nitrogens is 1. The number of nitrogens with zero attached hydrogens (tertiary/aromatic N) is 3. The van der Waals surface area contributed by atoms with E-state index in [1.165, 1.54) is 37.8 Å². The first-order valence-electron chi connectivity index (χ1n) is 23.8. The van der Waals surface area contributed by atoms with E-state index in [0.717, 1.165) is 75.3 Å². The second-order valence-electron chi connectivity index (χ2n) is 17.3. The molecule has 7 nitrogen and oxygen atoms in total. The van der Waals surface area contributed by atoms with E-state index in [1.807, 2.05) is 206 Å². The maximum atomic E-state index is 13.9. The number of hydrogen-bond donors (Lipinski definition) is 2. The average molecular weight is 906 g/mol. The Hall–Kier alpha value is -8.42. The summed E-state index contributed by atoms with van der Waals surface area (Å²) in [7, 11) is 0. The van der Waals surface area contributed by atoms with Gasteiger partial charge >= 0.3 is 0 Å². The van der Waals surface area contributed by atoms with Crippen molar-refractivity contribution in [3.05, 3.63) is 241 Å². The van der Waals surface area contributed by atoms with Gasteiger partial charge in [-0.1, -0.05) is 112 Å². The smallest absolute Gasteiger partial charge is 0.189 e. The number of para-hydroxylation sites is 4. The van der Waals surface area contributed by atoms with E-state index < -0.39 is 0 Å². The molecule has 0 aliphatic rings. The summed E-state index contributed by atoms with van der Waals surface area (Å²) >= 11 is 0. The molecule has 69 heavy (non-hydrogen) atoms. The van der Waals surface area contributed by atoms with Gasteiger partial charge in [-0.2, -0.15) is 0 Å². The summed E-state index contributed by atoms with van der Waals surface area (Å²) in [5, 5.41) is 24.3. The van der Waals surface area contributed by atoms with E-state index >= 15 is 0 Å². The van der Waals surface area contributed by atoms with E-state index in [2.05, 4.69) is 21.3 Å². The van der Waals surface area contributed by atoms with Crippen LogP contribution in [0.5, 0.6) is 0 Å². The molecule has 0 aliphatic heterocycles. The fourth-order valence-electron chi connectivity index (χ4n) is 9.05. The minimum absolute atomic E-state index is 0.137. The molecule has 9 rings (SSSR count). The summed E-state index contributed by atoms with van der Waals surface area (Å²) < 4.78 is 2.28. The molecule has 1 aromatic heterocycles. The maximum Gasteiger partial charge on any atom is 0.189 e. The average Bonchev–Trinajstić information content (AvgIpc) is 3.71. The Morgan fingerprint density at radius 2 is 0.725 bits per heavy atom. The van der Waals surface area contributed by atoms with Gasteiger partial charge in [0.1, 0.15) is 11.5 Å².